The highest BCUT2D eigenvalue weighted by Gasteiger charge is 2.14. The van der Waals surface area contributed by atoms with E-state index in [0.29, 0.717) is 24.6 Å². The number of benzene rings is 2. The van der Waals surface area contributed by atoms with E-state index in [1.165, 1.54) is 11.3 Å². The zero-order valence-corrected chi connectivity index (χ0v) is 15.8. The lowest BCUT2D eigenvalue weighted by Crippen LogP contribution is -2.19. The first-order valence-electron chi connectivity index (χ1n) is 8.05. The zero-order chi connectivity index (χ0) is 17.9. The maximum absolute atomic E-state index is 12.7. The second-order valence-electron chi connectivity index (χ2n) is 5.58. The lowest BCUT2D eigenvalue weighted by molar-refractivity contribution is 0.139. The van der Waals surface area contributed by atoms with E-state index < -0.39 is 10.0 Å². The standard InChI is InChI=1S/C18H20N2O3S2/c1-3-23-13-12-20-16-6-4-5-7-17(16)24-18(20)19-25(21,22)15-10-8-14(2)9-11-15/h4-11H,3,12-13H2,1-2H3/b19-18-. The van der Waals surface area contributed by atoms with Crippen molar-refractivity contribution in [1.29, 1.82) is 0 Å². The Morgan fingerprint density at radius 1 is 1.12 bits per heavy atom. The quantitative estimate of drug-likeness (QED) is 0.620. The number of ether oxygens (including phenoxy) is 1. The molecular formula is C18H20N2O3S2. The van der Waals surface area contributed by atoms with Gasteiger partial charge in [0.2, 0.25) is 4.80 Å². The monoisotopic (exact) mass is 376 g/mol. The third-order valence-corrected chi connectivity index (χ3v) is 6.22. The minimum atomic E-state index is -3.76. The summed E-state index contributed by atoms with van der Waals surface area (Å²) in [6.45, 7) is 5.54. The number of fused-ring (bicyclic) bond motifs is 1. The van der Waals surface area contributed by atoms with Gasteiger partial charge in [0.25, 0.3) is 10.0 Å². The number of hydrogen-bond donors (Lipinski definition) is 0. The van der Waals surface area contributed by atoms with Crippen LogP contribution in [0.5, 0.6) is 0 Å². The van der Waals surface area contributed by atoms with Crippen LogP contribution < -0.4 is 4.80 Å². The molecular weight excluding hydrogens is 356 g/mol. The first-order valence-corrected chi connectivity index (χ1v) is 10.3. The van der Waals surface area contributed by atoms with Gasteiger partial charge in [0.1, 0.15) is 0 Å². The second kappa shape index (κ2) is 7.51. The van der Waals surface area contributed by atoms with Crippen LogP contribution in [-0.2, 0) is 21.3 Å². The molecule has 1 aromatic heterocycles. The largest absolute Gasteiger partial charge is 0.380 e. The maximum Gasteiger partial charge on any atom is 0.285 e. The van der Waals surface area contributed by atoms with Gasteiger partial charge in [-0.1, -0.05) is 41.2 Å². The molecule has 0 aliphatic heterocycles. The minimum Gasteiger partial charge on any atom is -0.380 e. The van der Waals surface area contributed by atoms with Crippen molar-refractivity contribution in [2.45, 2.75) is 25.3 Å². The Morgan fingerprint density at radius 2 is 1.84 bits per heavy atom. The lowest BCUT2D eigenvalue weighted by atomic mass is 10.2. The molecule has 7 heteroatoms. The van der Waals surface area contributed by atoms with Crippen molar-refractivity contribution >= 4 is 31.6 Å². The smallest absolute Gasteiger partial charge is 0.285 e. The fourth-order valence-corrected chi connectivity index (χ4v) is 4.73. The average molecular weight is 377 g/mol. The van der Waals surface area contributed by atoms with Crippen molar-refractivity contribution < 1.29 is 13.2 Å². The first kappa shape index (κ1) is 17.8. The molecule has 0 bridgehead atoms. The summed E-state index contributed by atoms with van der Waals surface area (Å²) in [5.74, 6) is 0. The SMILES string of the molecule is CCOCCn1/c(=N/S(=O)(=O)c2ccc(C)cc2)sc2ccccc21. The molecule has 25 heavy (non-hydrogen) atoms. The van der Waals surface area contributed by atoms with Crippen LogP contribution in [0.15, 0.2) is 57.8 Å². The fourth-order valence-electron chi connectivity index (χ4n) is 2.47. The Bertz CT molecular complexity index is 1030. The highest BCUT2D eigenvalue weighted by molar-refractivity contribution is 7.90. The molecule has 0 aliphatic rings. The van der Waals surface area contributed by atoms with Gasteiger partial charge in [-0.3, -0.25) is 0 Å². The van der Waals surface area contributed by atoms with Gasteiger partial charge in [0.05, 0.1) is 21.7 Å². The summed E-state index contributed by atoms with van der Waals surface area (Å²) in [5.41, 5.74) is 1.97. The van der Waals surface area contributed by atoms with Crippen LogP contribution in [0.25, 0.3) is 10.2 Å². The fraction of sp³-hybridized carbons (Fsp3) is 0.278. The van der Waals surface area contributed by atoms with Crippen LogP contribution in [-0.4, -0.2) is 26.2 Å². The van der Waals surface area contributed by atoms with Crippen molar-refractivity contribution in [2.24, 2.45) is 4.40 Å². The van der Waals surface area contributed by atoms with Gasteiger partial charge in [-0.15, -0.1) is 4.40 Å². The van der Waals surface area contributed by atoms with E-state index in [1.54, 1.807) is 24.3 Å². The van der Waals surface area contributed by atoms with Crippen LogP contribution in [0.4, 0.5) is 0 Å². The van der Waals surface area contributed by atoms with Crippen LogP contribution >= 0.6 is 11.3 Å². The number of rotatable bonds is 6. The van der Waals surface area contributed by atoms with Crippen molar-refractivity contribution in [3.63, 3.8) is 0 Å². The molecule has 0 aliphatic carbocycles. The third-order valence-electron chi connectivity index (χ3n) is 3.77. The van der Waals surface area contributed by atoms with Crippen molar-refractivity contribution in [3.8, 4) is 0 Å². The molecule has 3 rings (SSSR count). The highest BCUT2D eigenvalue weighted by Crippen LogP contribution is 2.18. The molecule has 0 spiro atoms. The van der Waals surface area contributed by atoms with Gasteiger partial charge in [0, 0.05) is 13.2 Å². The van der Waals surface area contributed by atoms with E-state index in [4.69, 9.17) is 4.74 Å². The Balaban J connectivity index is 2.11. The predicted molar refractivity (Wildman–Crippen MR) is 100 cm³/mol. The molecule has 3 aromatic rings. The van der Waals surface area contributed by atoms with E-state index >= 15 is 0 Å². The summed E-state index contributed by atoms with van der Waals surface area (Å²) in [6.07, 6.45) is 0. The Kier molecular flexibility index (Phi) is 5.36. The van der Waals surface area contributed by atoms with E-state index in [2.05, 4.69) is 4.40 Å². The van der Waals surface area contributed by atoms with Gasteiger partial charge in [-0.2, -0.15) is 8.42 Å². The zero-order valence-electron chi connectivity index (χ0n) is 14.2. The lowest BCUT2D eigenvalue weighted by Gasteiger charge is -2.05. The maximum atomic E-state index is 12.7. The van der Waals surface area contributed by atoms with Gasteiger partial charge in [-0.25, -0.2) is 0 Å². The number of aryl methyl sites for hydroxylation is 1. The first-order chi connectivity index (χ1) is 12.0. The predicted octanol–water partition coefficient (Wildman–Crippen LogP) is 3.34. The summed E-state index contributed by atoms with van der Waals surface area (Å²) in [4.78, 5) is 0.661. The Hall–Kier alpha value is -1.96. The van der Waals surface area contributed by atoms with Crippen molar-refractivity contribution in [1.82, 2.24) is 4.57 Å². The summed E-state index contributed by atoms with van der Waals surface area (Å²) < 4.78 is 37.8. The molecule has 5 nitrogen and oxygen atoms in total. The van der Waals surface area contributed by atoms with E-state index in [9.17, 15) is 8.42 Å². The summed E-state index contributed by atoms with van der Waals surface area (Å²) in [6, 6.07) is 14.5. The Morgan fingerprint density at radius 3 is 2.56 bits per heavy atom. The third kappa shape index (κ3) is 4.00. The molecule has 132 valence electrons. The van der Waals surface area contributed by atoms with Crippen LogP contribution in [0, 0.1) is 6.92 Å². The summed E-state index contributed by atoms with van der Waals surface area (Å²) in [5, 5.41) is 0. The molecule has 2 aromatic carbocycles. The summed E-state index contributed by atoms with van der Waals surface area (Å²) in [7, 11) is -3.76. The van der Waals surface area contributed by atoms with E-state index in [-0.39, 0.29) is 4.90 Å². The summed E-state index contributed by atoms with van der Waals surface area (Å²) >= 11 is 1.37. The van der Waals surface area contributed by atoms with Crippen LogP contribution in [0.2, 0.25) is 0 Å². The second-order valence-corrected chi connectivity index (χ2v) is 8.19. The van der Waals surface area contributed by atoms with Gasteiger partial charge in [0.15, 0.2) is 0 Å². The normalized spacial score (nSPS) is 12.8. The molecule has 0 atom stereocenters. The van der Waals surface area contributed by atoms with Gasteiger partial charge >= 0.3 is 0 Å². The number of para-hydroxylation sites is 1. The number of nitrogens with zero attached hydrogens (tertiary/aromatic N) is 2. The molecule has 0 saturated heterocycles. The van der Waals surface area contributed by atoms with E-state index in [1.807, 2.05) is 42.7 Å². The van der Waals surface area contributed by atoms with Gasteiger partial charge in [-0.05, 0) is 38.1 Å². The molecule has 0 unspecified atom stereocenters. The number of aromatic nitrogens is 1. The molecule has 0 N–H and O–H groups in total. The highest BCUT2D eigenvalue weighted by atomic mass is 32.2. The molecule has 1 heterocycles. The van der Waals surface area contributed by atoms with Crippen molar-refractivity contribution in [3.05, 3.63) is 58.9 Å². The average Bonchev–Trinajstić information content (AvgIpc) is 2.92. The topological polar surface area (TPSA) is 60.7 Å². The molecule has 0 amide bonds. The van der Waals surface area contributed by atoms with E-state index in [0.717, 1.165) is 15.8 Å². The van der Waals surface area contributed by atoms with Crippen LogP contribution in [0.1, 0.15) is 12.5 Å². The molecule has 0 saturated carbocycles. The van der Waals surface area contributed by atoms with Crippen molar-refractivity contribution in [2.75, 3.05) is 13.2 Å². The number of sulfonamides is 1. The van der Waals surface area contributed by atoms with Crippen LogP contribution in [0.3, 0.4) is 0 Å². The molecule has 0 radical (unpaired) electrons. The molecule has 0 fully saturated rings. The minimum absolute atomic E-state index is 0.201. The Labute approximate surface area is 151 Å². The number of hydrogen-bond acceptors (Lipinski definition) is 4. The van der Waals surface area contributed by atoms with Gasteiger partial charge < -0.3 is 9.30 Å². The number of thiazole rings is 1.